The quantitative estimate of drug-likeness (QED) is 0.142. The maximum Gasteiger partial charge on any atom is 0.164 e. The molecule has 14 rings (SSSR count). The van der Waals surface area contributed by atoms with Crippen LogP contribution in [0.15, 0.2) is 255 Å². The topological polar surface area (TPSA) is 62.5 Å². The molecular formula is C70H42N4. The average molecular weight is 939 g/mol. The molecule has 0 amide bonds. The lowest BCUT2D eigenvalue weighted by Crippen LogP contribution is -2.01. The van der Waals surface area contributed by atoms with E-state index in [0.29, 0.717) is 23.0 Å². The van der Waals surface area contributed by atoms with Crippen LogP contribution in [-0.4, -0.2) is 15.0 Å². The number of benzene rings is 12. The molecule has 74 heavy (non-hydrogen) atoms. The average Bonchev–Trinajstić information content (AvgIpc) is 3.81. The van der Waals surface area contributed by atoms with Gasteiger partial charge in [-0.3, -0.25) is 0 Å². The lowest BCUT2D eigenvalue weighted by atomic mass is 9.87. The zero-order valence-electron chi connectivity index (χ0n) is 40.0. The van der Waals surface area contributed by atoms with Crippen molar-refractivity contribution in [1.82, 2.24) is 15.0 Å². The van der Waals surface area contributed by atoms with Crippen molar-refractivity contribution in [3.05, 3.63) is 260 Å². The highest BCUT2D eigenvalue weighted by Crippen LogP contribution is 2.49. The first-order valence-electron chi connectivity index (χ1n) is 25.0. The number of hydrogen-bond donors (Lipinski definition) is 0. The van der Waals surface area contributed by atoms with E-state index in [-0.39, 0.29) is 0 Å². The third-order valence-electron chi connectivity index (χ3n) is 14.7. The van der Waals surface area contributed by atoms with Gasteiger partial charge in [-0.25, -0.2) is 15.0 Å². The molecule has 0 radical (unpaired) electrons. The molecule has 0 atom stereocenters. The van der Waals surface area contributed by atoms with E-state index in [4.69, 9.17) is 15.0 Å². The molecule has 0 bridgehead atoms. The summed E-state index contributed by atoms with van der Waals surface area (Å²) in [5.74, 6) is 1.77. The summed E-state index contributed by atoms with van der Waals surface area (Å²) in [5, 5.41) is 17.6. The zero-order chi connectivity index (χ0) is 49.1. The molecule has 0 unspecified atom stereocenters. The standard InChI is InChI=1S/C70H42N4/c71-43-44-34-36-59(64(38-44)50-23-12-21-47(39-50)48-35-37-60-61-32-14-19-45-20-15-33-62(67(45)61)66(60)41-48)56-28-7-6-26-53(56)49-22-13-24-52(40-49)69-72-68(46-16-2-1-3-17-46)73-70(74-69)63-31-11-10-30-58(63)65-42-51-18-4-5-25-54(51)55-27-8-9-29-57(55)65/h1-42H. The van der Waals surface area contributed by atoms with Gasteiger partial charge in [-0.1, -0.05) is 218 Å². The van der Waals surface area contributed by atoms with Crippen LogP contribution in [0, 0.1) is 11.3 Å². The Morgan fingerprint density at radius 2 is 0.730 bits per heavy atom. The van der Waals surface area contributed by atoms with Gasteiger partial charge in [0.2, 0.25) is 0 Å². The molecule has 342 valence electrons. The molecule has 4 heteroatoms. The van der Waals surface area contributed by atoms with Gasteiger partial charge in [0, 0.05) is 16.7 Å². The highest BCUT2D eigenvalue weighted by Gasteiger charge is 2.23. The third-order valence-corrected chi connectivity index (χ3v) is 14.7. The SMILES string of the molecule is N#Cc1ccc(-c2ccccc2-c2cccc(-c3nc(-c4ccccc4)nc(-c4ccccc4-c4cc5ccccc5c5ccccc45)n3)c2)c(-c2cccc(-c3ccc4c(c3)-c3cccc5cccc-4c35)c2)c1. The summed E-state index contributed by atoms with van der Waals surface area (Å²) in [4.78, 5) is 15.8. The van der Waals surface area contributed by atoms with Crippen molar-refractivity contribution < 1.29 is 0 Å². The Labute approximate surface area is 428 Å². The second-order valence-electron chi connectivity index (χ2n) is 19.0. The van der Waals surface area contributed by atoms with Crippen LogP contribution in [-0.2, 0) is 0 Å². The maximum atomic E-state index is 10.3. The van der Waals surface area contributed by atoms with Crippen molar-refractivity contribution in [3.8, 4) is 118 Å². The Kier molecular flexibility index (Phi) is 10.2. The van der Waals surface area contributed by atoms with E-state index in [1.54, 1.807) is 0 Å². The maximum absolute atomic E-state index is 10.3. The van der Waals surface area contributed by atoms with E-state index in [2.05, 4.69) is 218 Å². The van der Waals surface area contributed by atoms with Gasteiger partial charge in [0.15, 0.2) is 17.5 Å². The molecule has 0 aliphatic heterocycles. The minimum atomic E-state index is 0.578. The molecule has 4 nitrogen and oxygen atoms in total. The van der Waals surface area contributed by atoms with Gasteiger partial charge >= 0.3 is 0 Å². The van der Waals surface area contributed by atoms with E-state index in [1.807, 2.05) is 42.5 Å². The van der Waals surface area contributed by atoms with E-state index in [0.717, 1.165) is 72.3 Å². The minimum Gasteiger partial charge on any atom is -0.208 e. The Hall–Kier alpha value is -10.1. The van der Waals surface area contributed by atoms with Crippen LogP contribution < -0.4 is 0 Å². The van der Waals surface area contributed by atoms with Gasteiger partial charge in [0.25, 0.3) is 0 Å². The number of hydrogen-bond acceptors (Lipinski definition) is 4. The number of nitriles is 1. The van der Waals surface area contributed by atoms with E-state index in [1.165, 1.54) is 54.6 Å². The largest absolute Gasteiger partial charge is 0.208 e. The first kappa shape index (κ1) is 42.8. The fourth-order valence-corrected chi connectivity index (χ4v) is 11.3. The summed E-state index contributed by atoms with van der Waals surface area (Å²) < 4.78 is 0. The van der Waals surface area contributed by atoms with Crippen LogP contribution in [0.5, 0.6) is 0 Å². The summed E-state index contributed by atoms with van der Waals surface area (Å²) in [6.07, 6.45) is 0. The Balaban J connectivity index is 0.874. The first-order valence-corrected chi connectivity index (χ1v) is 25.0. The number of aromatic nitrogens is 3. The Morgan fingerprint density at radius 1 is 0.243 bits per heavy atom. The molecule has 0 saturated heterocycles. The number of fused-ring (bicyclic) bond motifs is 6. The van der Waals surface area contributed by atoms with E-state index < -0.39 is 0 Å². The molecule has 12 aromatic carbocycles. The summed E-state index contributed by atoms with van der Waals surface area (Å²) >= 11 is 0. The van der Waals surface area contributed by atoms with Gasteiger partial charge in [-0.05, 0) is 147 Å². The Morgan fingerprint density at radius 3 is 1.51 bits per heavy atom. The summed E-state index contributed by atoms with van der Waals surface area (Å²) in [6, 6.07) is 92.3. The first-order chi connectivity index (χ1) is 36.6. The van der Waals surface area contributed by atoms with Crippen molar-refractivity contribution in [2.75, 3.05) is 0 Å². The third kappa shape index (κ3) is 7.26. The Bertz CT molecular complexity index is 4450. The van der Waals surface area contributed by atoms with Crippen LogP contribution >= 0.6 is 0 Å². The minimum absolute atomic E-state index is 0.578. The van der Waals surface area contributed by atoms with Gasteiger partial charge in [0.1, 0.15) is 0 Å². The smallest absolute Gasteiger partial charge is 0.164 e. The number of nitrogens with zero attached hydrogens (tertiary/aromatic N) is 4. The summed E-state index contributed by atoms with van der Waals surface area (Å²) in [5.41, 5.74) is 19.0. The molecule has 0 saturated carbocycles. The van der Waals surface area contributed by atoms with Crippen molar-refractivity contribution >= 4 is 32.3 Å². The van der Waals surface area contributed by atoms with E-state index >= 15 is 0 Å². The van der Waals surface area contributed by atoms with Crippen LogP contribution in [0.1, 0.15) is 5.56 Å². The molecule has 1 heterocycles. The van der Waals surface area contributed by atoms with Gasteiger partial charge in [-0.15, -0.1) is 0 Å². The van der Waals surface area contributed by atoms with Crippen LogP contribution in [0.4, 0.5) is 0 Å². The molecule has 1 aromatic heterocycles. The molecule has 0 spiro atoms. The van der Waals surface area contributed by atoms with Crippen LogP contribution in [0.25, 0.3) is 144 Å². The molecule has 1 aliphatic rings. The van der Waals surface area contributed by atoms with Gasteiger partial charge in [-0.2, -0.15) is 5.26 Å². The zero-order valence-corrected chi connectivity index (χ0v) is 40.0. The molecular weight excluding hydrogens is 897 g/mol. The van der Waals surface area contributed by atoms with Gasteiger partial charge < -0.3 is 0 Å². The highest BCUT2D eigenvalue weighted by atomic mass is 15.0. The van der Waals surface area contributed by atoms with Crippen LogP contribution in [0.2, 0.25) is 0 Å². The second-order valence-corrected chi connectivity index (χ2v) is 19.0. The lowest BCUT2D eigenvalue weighted by molar-refractivity contribution is 1.07. The predicted octanol–water partition coefficient (Wildman–Crippen LogP) is 18.2. The summed E-state index contributed by atoms with van der Waals surface area (Å²) in [6.45, 7) is 0. The fraction of sp³-hybridized carbons (Fsp3) is 0. The van der Waals surface area contributed by atoms with Crippen molar-refractivity contribution in [2.24, 2.45) is 0 Å². The van der Waals surface area contributed by atoms with Crippen molar-refractivity contribution in [3.63, 3.8) is 0 Å². The summed E-state index contributed by atoms with van der Waals surface area (Å²) in [7, 11) is 0. The molecule has 13 aromatic rings. The lowest BCUT2D eigenvalue weighted by Gasteiger charge is -2.17. The fourth-order valence-electron chi connectivity index (χ4n) is 11.3. The monoisotopic (exact) mass is 938 g/mol. The molecule has 1 aliphatic carbocycles. The van der Waals surface area contributed by atoms with Crippen molar-refractivity contribution in [2.45, 2.75) is 0 Å². The molecule has 0 N–H and O–H groups in total. The number of rotatable bonds is 8. The van der Waals surface area contributed by atoms with E-state index in [9.17, 15) is 5.26 Å². The van der Waals surface area contributed by atoms with Gasteiger partial charge in [0.05, 0.1) is 11.6 Å². The predicted molar refractivity (Wildman–Crippen MR) is 305 cm³/mol. The molecule has 0 fully saturated rings. The van der Waals surface area contributed by atoms with Crippen LogP contribution in [0.3, 0.4) is 0 Å². The highest BCUT2D eigenvalue weighted by molar-refractivity contribution is 6.16. The van der Waals surface area contributed by atoms with Crippen molar-refractivity contribution in [1.29, 1.82) is 5.26 Å². The normalized spacial score (nSPS) is 11.5. The second kappa shape index (κ2) is 17.6.